The van der Waals surface area contributed by atoms with Crippen molar-refractivity contribution in [1.29, 1.82) is 0 Å². The average Bonchev–Trinajstić information content (AvgIpc) is 3.23. The number of nitrogens with zero attached hydrogens (tertiary/aromatic N) is 3. The molecule has 7 nitrogen and oxygen atoms in total. The third-order valence-corrected chi connectivity index (χ3v) is 6.74. The molecule has 3 saturated heterocycles. The van der Waals surface area contributed by atoms with E-state index < -0.39 is 0 Å². The Labute approximate surface area is 178 Å². The van der Waals surface area contributed by atoms with Gasteiger partial charge < -0.3 is 20.2 Å². The van der Waals surface area contributed by atoms with E-state index in [0.29, 0.717) is 28.5 Å². The number of pyridine rings is 1. The van der Waals surface area contributed by atoms with Gasteiger partial charge in [-0.15, -0.1) is 0 Å². The highest BCUT2D eigenvalue weighted by Gasteiger charge is 2.35. The lowest BCUT2D eigenvalue weighted by Crippen LogP contribution is -2.53. The molecule has 1 unspecified atom stereocenters. The Hall–Kier alpha value is -3.63. The molecule has 5 heterocycles. The molecule has 0 aliphatic carbocycles. The highest BCUT2D eigenvalue weighted by atomic mass is 16.1. The monoisotopic (exact) mass is 410 g/mol. The molecule has 154 valence electrons. The summed E-state index contributed by atoms with van der Waals surface area (Å²) < 4.78 is 0. The van der Waals surface area contributed by atoms with E-state index in [9.17, 15) is 4.79 Å². The topological polar surface area (TPSA) is 81.2 Å². The van der Waals surface area contributed by atoms with Crippen molar-refractivity contribution in [1.82, 2.24) is 19.9 Å². The summed E-state index contributed by atoms with van der Waals surface area (Å²) in [6.45, 7) is 10.6. The maximum atomic E-state index is 13.3. The average molecular weight is 410 g/mol. The molecular weight excluding hydrogens is 388 g/mol. The van der Waals surface area contributed by atoms with Crippen LogP contribution in [0.1, 0.15) is 12.8 Å². The van der Waals surface area contributed by atoms with E-state index in [0.717, 1.165) is 41.7 Å². The van der Waals surface area contributed by atoms with Crippen molar-refractivity contribution >= 4 is 33.3 Å². The maximum Gasteiger partial charge on any atom is 0.261 e. The van der Waals surface area contributed by atoms with Gasteiger partial charge in [-0.25, -0.2) is 9.83 Å². The van der Waals surface area contributed by atoms with Crippen LogP contribution in [0.15, 0.2) is 47.3 Å². The van der Waals surface area contributed by atoms with Crippen LogP contribution in [0, 0.1) is 12.5 Å². The zero-order valence-corrected chi connectivity index (χ0v) is 17.0. The quantitative estimate of drug-likeness (QED) is 0.444. The number of aromatic nitrogens is 3. The Morgan fingerprint density at radius 1 is 1.10 bits per heavy atom. The third kappa shape index (κ3) is 2.99. The van der Waals surface area contributed by atoms with Crippen molar-refractivity contribution in [2.45, 2.75) is 18.9 Å². The van der Waals surface area contributed by atoms with Crippen LogP contribution < -0.4 is 10.9 Å². The Balaban J connectivity index is 1.56. The first-order valence-electron chi connectivity index (χ1n) is 10.7. The third-order valence-electron chi connectivity index (χ3n) is 6.74. The molecule has 0 radical (unpaired) electrons. The second kappa shape index (κ2) is 6.96. The molecule has 3 aliphatic rings. The minimum atomic E-state index is -0.211. The van der Waals surface area contributed by atoms with Gasteiger partial charge in [-0.3, -0.25) is 4.79 Å². The number of H-pyrrole nitrogens is 2. The highest BCUT2D eigenvalue weighted by molar-refractivity contribution is 6.00. The summed E-state index contributed by atoms with van der Waals surface area (Å²) in [4.78, 5) is 30.3. The van der Waals surface area contributed by atoms with Gasteiger partial charge in [-0.05, 0) is 50.0 Å². The summed E-state index contributed by atoms with van der Waals surface area (Å²) in [7, 11) is 0. The second-order valence-electron chi connectivity index (χ2n) is 8.54. The van der Waals surface area contributed by atoms with E-state index >= 15 is 0 Å². The van der Waals surface area contributed by atoms with E-state index in [1.807, 2.05) is 30.3 Å². The van der Waals surface area contributed by atoms with Gasteiger partial charge in [0.05, 0.1) is 23.3 Å². The zero-order valence-electron chi connectivity index (χ0n) is 17.0. The van der Waals surface area contributed by atoms with Gasteiger partial charge in [0.2, 0.25) is 0 Å². The fourth-order valence-corrected chi connectivity index (χ4v) is 5.12. The van der Waals surface area contributed by atoms with Crippen molar-refractivity contribution in [3.05, 3.63) is 64.2 Å². The van der Waals surface area contributed by atoms with Gasteiger partial charge in [0.25, 0.3) is 5.56 Å². The SMILES string of the molecule is [C-]#[N+]c1ccc2c(NC3CN4CCC3CC4)c(-c3nc4ccccc4[nH]3)c(=O)[nH]c2c1. The van der Waals surface area contributed by atoms with E-state index in [4.69, 9.17) is 11.6 Å². The predicted molar refractivity (Wildman–Crippen MR) is 122 cm³/mol. The molecule has 3 N–H and O–H groups in total. The normalized spacial score (nSPS) is 22.6. The number of anilines is 1. The highest BCUT2D eigenvalue weighted by Crippen LogP contribution is 2.36. The van der Waals surface area contributed by atoms with Crippen molar-refractivity contribution in [2.24, 2.45) is 5.92 Å². The molecule has 7 rings (SSSR count). The van der Waals surface area contributed by atoms with Crippen molar-refractivity contribution in [3.8, 4) is 11.4 Å². The van der Waals surface area contributed by atoms with E-state index in [1.54, 1.807) is 12.1 Å². The Bertz CT molecular complexity index is 1370. The second-order valence-corrected chi connectivity index (χ2v) is 8.54. The number of hydrogen-bond acceptors (Lipinski definition) is 4. The number of imidazole rings is 1. The Kier molecular flexibility index (Phi) is 4.08. The van der Waals surface area contributed by atoms with E-state index in [2.05, 4.69) is 25.0 Å². The lowest BCUT2D eigenvalue weighted by molar-refractivity contribution is 0.0976. The number of piperidine rings is 3. The van der Waals surface area contributed by atoms with Crippen LogP contribution in [0.2, 0.25) is 0 Å². The molecule has 2 aromatic carbocycles. The maximum absolute atomic E-state index is 13.3. The number of rotatable bonds is 3. The molecule has 2 bridgehead atoms. The van der Waals surface area contributed by atoms with Crippen LogP contribution in [-0.2, 0) is 0 Å². The summed E-state index contributed by atoms with van der Waals surface area (Å²) in [5.74, 6) is 1.16. The van der Waals surface area contributed by atoms with Gasteiger partial charge in [0.1, 0.15) is 11.4 Å². The van der Waals surface area contributed by atoms with Crippen LogP contribution in [0.25, 0.3) is 38.2 Å². The van der Waals surface area contributed by atoms with Gasteiger partial charge in [0.15, 0.2) is 5.69 Å². The number of nitrogens with one attached hydrogen (secondary N) is 3. The molecular formula is C24H22N6O. The molecule has 0 amide bonds. The first-order valence-corrected chi connectivity index (χ1v) is 10.7. The number of fused-ring (bicyclic) bond motifs is 5. The van der Waals surface area contributed by atoms with Crippen molar-refractivity contribution in [3.63, 3.8) is 0 Å². The molecule has 3 fully saturated rings. The standard InChI is InChI=1S/C24H22N6O/c1-25-15-6-7-16-19(12-15)29-24(31)21(23-27-17-4-2-3-5-18(17)28-23)22(16)26-20-13-30-10-8-14(20)9-11-30/h2-7,12,14,20H,8-11,13H2,(H,27,28)(H2,26,29,31). The number of para-hydroxylation sites is 2. The first-order chi connectivity index (χ1) is 15.2. The van der Waals surface area contributed by atoms with Gasteiger partial charge in [-0.2, -0.15) is 0 Å². The van der Waals surface area contributed by atoms with Crippen molar-refractivity contribution < 1.29 is 0 Å². The van der Waals surface area contributed by atoms with Gasteiger partial charge >= 0.3 is 0 Å². The summed E-state index contributed by atoms with van der Waals surface area (Å²) in [6.07, 6.45) is 2.36. The fraction of sp³-hybridized carbons (Fsp3) is 0.292. The van der Waals surface area contributed by atoms with Gasteiger partial charge in [0, 0.05) is 23.5 Å². The lowest BCUT2D eigenvalue weighted by Gasteiger charge is -2.45. The molecule has 31 heavy (non-hydrogen) atoms. The van der Waals surface area contributed by atoms with Crippen LogP contribution in [0.4, 0.5) is 11.4 Å². The molecule has 0 saturated carbocycles. The minimum absolute atomic E-state index is 0.211. The first kappa shape index (κ1) is 18.2. The lowest BCUT2D eigenvalue weighted by atomic mass is 9.83. The Morgan fingerprint density at radius 2 is 1.94 bits per heavy atom. The number of benzene rings is 2. The largest absolute Gasteiger partial charge is 0.379 e. The summed E-state index contributed by atoms with van der Waals surface area (Å²) in [5, 5.41) is 4.65. The van der Waals surface area contributed by atoms with E-state index in [-0.39, 0.29) is 11.6 Å². The minimum Gasteiger partial charge on any atom is -0.379 e. The Morgan fingerprint density at radius 3 is 2.68 bits per heavy atom. The molecule has 7 heteroatoms. The number of aromatic amines is 2. The summed E-state index contributed by atoms with van der Waals surface area (Å²) >= 11 is 0. The number of hydrogen-bond donors (Lipinski definition) is 3. The van der Waals surface area contributed by atoms with Crippen molar-refractivity contribution in [2.75, 3.05) is 25.0 Å². The van der Waals surface area contributed by atoms with Crippen LogP contribution in [-0.4, -0.2) is 45.5 Å². The fourth-order valence-electron chi connectivity index (χ4n) is 5.12. The summed E-state index contributed by atoms with van der Waals surface area (Å²) in [6, 6.07) is 13.6. The molecule has 4 aromatic rings. The smallest absolute Gasteiger partial charge is 0.261 e. The van der Waals surface area contributed by atoms with Crippen LogP contribution in [0.3, 0.4) is 0 Å². The predicted octanol–water partition coefficient (Wildman–Crippen LogP) is 4.13. The van der Waals surface area contributed by atoms with Crippen LogP contribution in [0.5, 0.6) is 0 Å². The molecule has 0 spiro atoms. The zero-order chi connectivity index (χ0) is 20.9. The molecule has 3 aliphatic heterocycles. The summed E-state index contributed by atoms with van der Waals surface area (Å²) in [5.41, 5.74) is 4.01. The molecule has 1 atom stereocenters. The van der Waals surface area contributed by atoms with E-state index in [1.165, 1.54) is 12.8 Å². The van der Waals surface area contributed by atoms with Crippen LogP contribution >= 0.6 is 0 Å². The molecule has 2 aromatic heterocycles. The van der Waals surface area contributed by atoms with Gasteiger partial charge in [-0.1, -0.05) is 24.3 Å².